The molecule has 1 aliphatic heterocycles. The maximum Gasteiger partial charge on any atom is 0.490 e. The Bertz CT molecular complexity index is 1970. The summed E-state index contributed by atoms with van der Waals surface area (Å²) in [6.07, 6.45) is 0.127. The van der Waals surface area contributed by atoms with Gasteiger partial charge in [0.1, 0.15) is 35.4 Å². The second kappa shape index (κ2) is 27.6. The number of alkyl carbamates (subject to hydrolysis) is 2. The molecule has 0 aliphatic carbocycles. The minimum atomic E-state index is -5.78. The second-order valence-corrected chi connectivity index (χ2v) is 22.0. The van der Waals surface area contributed by atoms with E-state index < -0.39 is 108 Å². The van der Waals surface area contributed by atoms with E-state index in [1.807, 2.05) is 0 Å². The summed E-state index contributed by atoms with van der Waals surface area (Å²) < 4.78 is 71.4. The number of nitrogens with zero attached hydrogens (tertiary/aromatic N) is 2. The molecule has 386 valence electrons. The number of carbonyl (C=O) groups is 4. The van der Waals surface area contributed by atoms with Crippen LogP contribution in [0.1, 0.15) is 118 Å². The number of aromatic nitrogens is 2. The number of rotatable bonds is 29. The van der Waals surface area contributed by atoms with Crippen molar-refractivity contribution in [3.63, 3.8) is 0 Å². The van der Waals surface area contributed by atoms with E-state index in [-0.39, 0.29) is 44.6 Å². The van der Waals surface area contributed by atoms with Crippen molar-refractivity contribution in [3.05, 3.63) is 22.7 Å². The number of phosphoric acid groups is 3. The molecule has 0 spiro atoms. The van der Waals surface area contributed by atoms with Crippen molar-refractivity contribution in [2.45, 2.75) is 154 Å². The number of hydrogen-bond donors (Lipinski definition) is 10. The summed E-state index contributed by atoms with van der Waals surface area (Å²) in [6.45, 7) is 9.86. The van der Waals surface area contributed by atoms with Crippen LogP contribution in [0.25, 0.3) is 0 Å². The number of ether oxygens (including phenoxy) is 3. The van der Waals surface area contributed by atoms with Gasteiger partial charge in [-0.2, -0.15) is 13.6 Å². The number of phosphoric ester groups is 2. The topological polar surface area (TPSA) is 400 Å². The van der Waals surface area contributed by atoms with Crippen LogP contribution in [0, 0.1) is 0 Å². The van der Waals surface area contributed by atoms with Crippen molar-refractivity contribution in [2.75, 3.05) is 38.6 Å². The molecule has 12 N–H and O–H groups in total. The van der Waals surface area contributed by atoms with Gasteiger partial charge in [-0.25, -0.2) is 28.1 Å². The van der Waals surface area contributed by atoms with Gasteiger partial charge in [0.05, 0.1) is 25.4 Å². The first kappa shape index (κ1) is 59.6. The van der Waals surface area contributed by atoms with E-state index in [0.29, 0.717) is 51.5 Å². The molecule has 8 atom stereocenters. The van der Waals surface area contributed by atoms with Crippen LogP contribution in [0.4, 0.5) is 15.4 Å². The molecule has 67 heavy (non-hydrogen) atoms. The minimum Gasteiger partial charge on any atom is -0.444 e. The van der Waals surface area contributed by atoms with Gasteiger partial charge in [-0.05, 0) is 99.0 Å². The molecule has 30 heteroatoms. The lowest BCUT2D eigenvalue weighted by Gasteiger charge is -2.21. The lowest BCUT2D eigenvalue weighted by molar-refractivity contribution is -0.129. The maximum atomic E-state index is 13.2. The van der Waals surface area contributed by atoms with Crippen LogP contribution < -0.4 is 38.4 Å². The molecule has 2 heterocycles. The number of anilines is 1. The Balaban J connectivity index is 1.76. The normalized spacial score (nSPS) is 20.0. The van der Waals surface area contributed by atoms with Crippen LogP contribution in [0.3, 0.4) is 0 Å². The molecule has 0 aromatic carbocycles. The van der Waals surface area contributed by atoms with Crippen molar-refractivity contribution in [2.24, 2.45) is 5.73 Å². The van der Waals surface area contributed by atoms with Crippen molar-refractivity contribution in [1.29, 1.82) is 0 Å². The highest BCUT2D eigenvalue weighted by Gasteiger charge is 2.44. The Hall–Kier alpha value is -3.55. The van der Waals surface area contributed by atoms with Crippen LogP contribution in [-0.4, -0.2) is 122 Å². The average Bonchev–Trinajstić information content (AvgIpc) is 3.54. The molecule has 0 radical (unpaired) electrons. The molecular weight excluding hydrogens is 953 g/mol. The predicted octanol–water partition coefficient (Wildman–Crippen LogP) is 2.72. The fraction of sp³-hybridized carbons (Fsp3) is 0.784. The summed E-state index contributed by atoms with van der Waals surface area (Å²) in [5.74, 6) is -1.07. The third kappa shape index (κ3) is 26.1. The van der Waals surface area contributed by atoms with E-state index in [0.717, 1.165) is 4.57 Å². The van der Waals surface area contributed by atoms with Gasteiger partial charge >= 0.3 is 41.3 Å². The van der Waals surface area contributed by atoms with E-state index >= 15 is 0 Å². The first-order valence-electron chi connectivity index (χ1n) is 21.6. The summed E-state index contributed by atoms with van der Waals surface area (Å²) in [4.78, 5) is 95.5. The minimum absolute atomic E-state index is 0.0601. The molecule has 1 aromatic rings. The summed E-state index contributed by atoms with van der Waals surface area (Å²) in [5, 5.41) is 21.0. The van der Waals surface area contributed by atoms with E-state index in [4.69, 9.17) is 25.7 Å². The number of nitrogens with one attached hydrogen (secondary N) is 4. The van der Waals surface area contributed by atoms with E-state index in [1.54, 1.807) is 41.5 Å². The van der Waals surface area contributed by atoms with Gasteiger partial charge in [0.15, 0.2) is 0 Å². The van der Waals surface area contributed by atoms with E-state index in [2.05, 4.69) is 43.9 Å². The Labute approximate surface area is 388 Å². The van der Waals surface area contributed by atoms with Gasteiger partial charge in [0.2, 0.25) is 11.8 Å². The highest BCUT2D eigenvalue weighted by Crippen LogP contribution is 2.67. The molecule has 0 saturated carbocycles. The van der Waals surface area contributed by atoms with Gasteiger partial charge in [-0.15, -0.1) is 0 Å². The third-order valence-electron chi connectivity index (χ3n) is 8.97. The van der Waals surface area contributed by atoms with Gasteiger partial charge in [-0.1, -0.05) is 12.8 Å². The second-order valence-electron chi connectivity index (χ2n) is 17.4. The zero-order valence-corrected chi connectivity index (χ0v) is 41.3. The van der Waals surface area contributed by atoms with Crippen LogP contribution in [0.2, 0.25) is 0 Å². The molecule has 1 aliphatic rings. The van der Waals surface area contributed by atoms with Gasteiger partial charge < -0.3 is 66.7 Å². The predicted molar refractivity (Wildman–Crippen MR) is 239 cm³/mol. The largest absolute Gasteiger partial charge is 0.490 e. The van der Waals surface area contributed by atoms with Crippen LogP contribution in [0.15, 0.2) is 17.1 Å². The Morgan fingerprint density at radius 2 is 1.31 bits per heavy atom. The van der Waals surface area contributed by atoms with Crippen molar-refractivity contribution >= 4 is 53.3 Å². The number of nitrogen functional groups attached to an aromatic ring is 1. The molecule has 4 amide bonds. The number of nitrogens with two attached hydrogens (primary N) is 2. The SMILES string of the molecule is CC(C)(C)OC(=O)NCCCCC(N)C(=O)NC(CCCCNC(=O)OC(C)(C)C)C(=O)NCCCCCCOP(=O)(O)OP(=O)(O)OP(=O)(O)OC[C@H]1O[C@@H](n2ccc(N)nc2=O)C[C@H]1O. The van der Waals surface area contributed by atoms with Crippen LogP contribution in [0.5, 0.6) is 0 Å². The molecular formula is C37H69N8O19P3. The van der Waals surface area contributed by atoms with Crippen molar-refractivity contribution in [1.82, 2.24) is 30.8 Å². The summed E-state index contributed by atoms with van der Waals surface area (Å²) in [6, 6.07) is -0.583. The fourth-order valence-electron chi connectivity index (χ4n) is 5.92. The smallest absolute Gasteiger partial charge is 0.444 e. The highest BCUT2D eigenvalue weighted by molar-refractivity contribution is 7.66. The maximum absolute atomic E-state index is 13.2. The average molecular weight is 1020 g/mol. The number of unbranched alkanes of at least 4 members (excludes halogenated alkanes) is 5. The number of aliphatic hydroxyl groups excluding tert-OH is 1. The van der Waals surface area contributed by atoms with Crippen LogP contribution in [-0.2, 0) is 55.2 Å². The molecule has 1 saturated heterocycles. The molecule has 2 rings (SSSR count). The van der Waals surface area contributed by atoms with E-state index in [1.165, 1.54) is 12.3 Å². The third-order valence-corrected chi connectivity index (χ3v) is 13.3. The first-order chi connectivity index (χ1) is 31.0. The standard InChI is InChI=1S/C37H69N8O19P3/c1-36(2,3)61-34(50)41-19-12-9-15-25(38)31(47)43-26(16-10-13-20-42-35(51)62-37(4,5)6)32(48)40-18-11-7-8-14-22-58-65(52,53)63-67(56,57)64-66(54,55)59-24-28-27(46)23-30(60-28)45-21-17-29(39)44-33(45)49/h17,21,25-28,30,46H,7-16,18-20,22-24,38H2,1-6H3,(H,40,48)(H,41,50)(H,42,51)(H,43,47)(H,52,53)(H,54,55)(H,56,57)(H2,39,44,49)/t25?,26?,27-,28-,30-/m1/s1. The van der Waals surface area contributed by atoms with Crippen molar-refractivity contribution in [3.8, 4) is 0 Å². The molecule has 0 bridgehead atoms. The molecule has 1 fully saturated rings. The molecule has 1 aromatic heterocycles. The zero-order valence-electron chi connectivity index (χ0n) is 38.7. The number of aliphatic hydroxyl groups is 1. The lowest BCUT2D eigenvalue weighted by atomic mass is 10.1. The number of hydrogen-bond acceptors (Lipinski definition) is 19. The van der Waals surface area contributed by atoms with Crippen molar-refractivity contribution < 1.29 is 84.5 Å². The van der Waals surface area contributed by atoms with Crippen LogP contribution >= 0.6 is 23.5 Å². The lowest BCUT2D eigenvalue weighted by Crippen LogP contribution is -2.51. The molecule has 27 nitrogen and oxygen atoms in total. The van der Waals surface area contributed by atoms with Gasteiger partial charge in [-0.3, -0.25) is 23.2 Å². The Kier molecular flexibility index (Phi) is 24.5. The monoisotopic (exact) mass is 1020 g/mol. The fourth-order valence-corrected chi connectivity index (χ4v) is 9.46. The number of carbonyl (C=O) groups excluding carboxylic acids is 4. The summed E-state index contributed by atoms with van der Waals surface area (Å²) >= 11 is 0. The summed E-state index contributed by atoms with van der Waals surface area (Å²) in [5.41, 5.74) is 9.47. The highest BCUT2D eigenvalue weighted by atomic mass is 31.3. The summed E-state index contributed by atoms with van der Waals surface area (Å²) in [7, 11) is -16.6. The number of amides is 4. The van der Waals surface area contributed by atoms with Gasteiger partial charge in [0, 0.05) is 32.3 Å². The van der Waals surface area contributed by atoms with Gasteiger partial charge in [0.25, 0.3) is 0 Å². The first-order valence-corrected chi connectivity index (χ1v) is 26.1. The Morgan fingerprint density at radius 3 is 1.88 bits per heavy atom. The molecule has 5 unspecified atom stereocenters. The Morgan fingerprint density at radius 1 is 0.791 bits per heavy atom. The van der Waals surface area contributed by atoms with E-state index in [9.17, 15) is 57.5 Å². The zero-order chi connectivity index (χ0) is 50.6. The quantitative estimate of drug-likeness (QED) is 0.0407.